The number of imide groups is 1. The van der Waals surface area contributed by atoms with Crippen molar-refractivity contribution in [2.75, 3.05) is 13.6 Å². The SMILES string of the molecule is CC1CCC(N(C)C(=O)CN2C(=O)N[C@@]3(CCCC[C@@H]3C)C2=O)CC1. The quantitative estimate of drug-likeness (QED) is 0.796. The Morgan fingerprint density at radius 2 is 1.84 bits per heavy atom. The number of nitrogens with one attached hydrogen (secondary N) is 1. The fraction of sp³-hybridized carbons (Fsp3) is 0.842. The van der Waals surface area contributed by atoms with Crippen LogP contribution in [-0.2, 0) is 9.59 Å². The zero-order valence-electron chi connectivity index (χ0n) is 15.7. The summed E-state index contributed by atoms with van der Waals surface area (Å²) in [4.78, 5) is 40.9. The summed E-state index contributed by atoms with van der Waals surface area (Å²) in [6.45, 7) is 4.13. The van der Waals surface area contributed by atoms with E-state index in [1.807, 2.05) is 6.92 Å². The number of carbonyl (C=O) groups is 3. The van der Waals surface area contributed by atoms with Crippen molar-refractivity contribution in [3.8, 4) is 0 Å². The van der Waals surface area contributed by atoms with E-state index in [4.69, 9.17) is 0 Å². The second kappa shape index (κ2) is 6.96. The number of hydrogen-bond acceptors (Lipinski definition) is 3. The second-order valence-corrected chi connectivity index (χ2v) is 8.36. The minimum absolute atomic E-state index is 0.121. The van der Waals surface area contributed by atoms with Gasteiger partial charge in [0.05, 0.1) is 0 Å². The molecule has 2 atom stereocenters. The third-order valence-corrected chi connectivity index (χ3v) is 6.72. The number of carbonyl (C=O) groups excluding carboxylic acids is 3. The average Bonchev–Trinajstić information content (AvgIpc) is 2.82. The molecular formula is C19H31N3O3. The van der Waals surface area contributed by atoms with Crippen LogP contribution in [-0.4, -0.2) is 52.8 Å². The molecule has 6 heteroatoms. The van der Waals surface area contributed by atoms with Crippen molar-refractivity contribution in [3.63, 3.8) is 0 Å². The van der Waals surface area contributed by atoms with Gasteiger partial charge in [-0.1, -0.05) is 26.7 Å². The van der Waals surface area contributed by atoms with Crippen LogP contribution in [0.4, 0.5) is 4.79 Å². The Morgan fingerprint density at radius 1 is 1.16 bits per heavy atom. The molecule has 1 saturated heterocycles. The minimum Gasteiger partial charge on any atom is -0.341 e. The molecule has 3 rings (SSSR count). The maximum atomic E-state index is 13.0. The summed E-state index contributed by atoms with van der Waals surface area (Å²) in [5, 5.41) is 2.92. The molecule has 0 radical (unpaired) electrons. The molecule has 1 N–H and O–H groups in total. The van der Waals surface area contributed by atoms with Crippen molar-refractivity contribution in [2.45, 2.75) is 76.8 Å². The standard InChI is InChI=1S/C19H31N3O3/c1-13-7-9-15(10-8-13)21(3)16(23)12-22-17(24)19(20-18(22)25)11-5-4-6-14(19)2/h13-15H,4-12H2,1-3H3,(H,20,25)/t13?,14-,15?,19+/m0/s1. The van der Waals surface area contributed by atoms with E-state index in [9.17, 15) is 14.4 Å². The lowest BCUT2D eigenvalue weighted by Crippen LogP contribution is -2.54. The fourth-order valence-corrected chi connectivity index (χ4v) is 4.72. The van der Waals surface area contributed by atoms with Gasteiger partial charge in [-0.25, -0.2) is 4.79 Å². The van der Waals surface area contributed by atoms with Crippen LogP contribution in [0.1, 0.15) is 65.2 Å². The van der Waals surface area contributed by atoms with Crippen LogP contribution in [0.15, 0.2) is 0 Å². The van der Waals surface area contributed by atoms with Crippen LogP contribution in [0, 0.1) is 11.8 Å². The van der Waals surface area contributed by atoms with E-state index in [0.717, 1.165) is 55.8 Å². The fourth-order valence-electron chi connectivity index (χ4n) is 4.72. The van der Waals surface area contributed by atoms with Gasteiger partial charge < -0.3 is 10.2 Å². The Morgan fingerprint density at radius 3 is 2.48 bits per heavy atom. The van der Waals surface area contributed by atoms with Gasteiger partial charge in [-0.2, -0.15) is 0 Å². The van der Waals surface area contributed by atoms with Gasteiger partial charge >= 0.3 is 6.03 Å². The lowest BCUT2D eigenvalue weighted by molar-refractivity contribution is -0.141. The molecule has 6 nitrogen and oxygen atoms in total. The number of likely N-dealkylation sites (N-methyl/N-ethyl adjacent to an activating group) is 1. The maximum Gasteiger partial charge on any atom is 0.325 e. The van der Waals surface area contributed by atoms with E-state index >= 15 is 0 Å². The van der Waals surface area contributed by atoms with Crippen molar-refractivity contribution in [1.82, 2.24) is 15.1 Å². The minimum atomic E-state index is -0.783. The first kappa shape index (κ1) is 18.2. The molecule has 1 heterocycles. The van der Waals surface area contributed by atoms with E-state index < -0.39 is 11.6 Å². The Bertz CT molecular complexity index is 556. The van der Waals surface area contributed by atoms with Gasteiger partial charge in [-0.05, 0) is 50.4 Å². The zero-order chi connectivity index (χ0) is 18.2. The van der Waals surface area contributed by atoms with Crippen LogP contribution >= 0.6 is 0 Å². The summed E-state index contributed by atoms with van der Waals surface area (Å²) in [5.41, 5.74) is -0.783. The summed E-state index contributed by atoms with van der Waals surface area (Å²) < 4.78 is 0. The molecule has 1 spiro atoms. The molecule has 140 valence electrons. The summed E-state index contributed by atoms with van der Waals surface area (Å²) >= 11 is 0. The lowest BCUT2D eigenvalue weighted by Gasteiger charge is -2.37. The van der Waals surface area contributed by atoms with Gasteiger partial charge in [0.25, 0.3) is 5.91 Å². The van der Waals surface area contributed by atoms with Crippen LogP contribution in [0.5, 0.6) is 0 Å². The summed E-state index contributed by atoms with van der Waals surface area (Å²) in [6.07, 6.45) is 7.92. The molecule has 0 aromatic rings. The van der Waals surface area contributed by atoms with Gasteiger partial charge in [0.1, 0.15) is 12.1 Å². The van der Waals surface area contributed by atoms with Crippen molar-refractivity contribution in [3.05, 3.63) is 0 Å². The van der Waals surface area contributed by atoms with Gasteiger partial charge in [-0.3, -0.25) is 14.5 Å². The van der Waals surface area contributed by atoms with Crippen molar-refractivity contribution in [2.24, 2.45) is 11.8 Å². The number of rotatable bonds is 3. The summed E-state index contributed by atoms with van der Waals surface area (Å²) in [7, 11) is 1.81. The number of nitrogens with zero attached hydrogens (tertiary/aromatic N) is 2. The first-order valence-electron chi connectivity index (χ1n) is 9.75. The molecule has 4 amide bonds. The van der Waals surface area contributed by atoms with Crippen LogP contribution < -0.4 is 5.32 Å². The third-order valence-electron chi connectivity index (χ3n) is 6.72. The Balaban J connectivity index is 1.65. The van der Waals surface area contributed by atoms with Crippen molar-refractivity contribution >= 4 is 17.8 Å². The number of urea groups is 1. The Hall–Kier alpha value is -1.59. The monoisotopic (exact) mass is 349 g/mol. The highest BCUT2D eigenvalue weighted by Gasteiger charge is 2.55. The number of hydrogen-bond donors (Lipinski definition) is 1. The average molecular weight is 349 g/mol. The largest absolute Gasteiger partial charge is 0.341 e. The zero-order valence-corrected chi connectivity index (χ0v) is 15.7. The first-order chi connectivity index (χ1) is 11.8. The molecule has 3 aliphatic rings. The molecule has 0 bridgehead atoms. The highest BCUT2D eigenvalue weighted by molar-refractivity contribution is 6.09. The van der Waals surface area contributed by atoms with Crippen LogP contribution in [0.3, 0.4) is 0 Å². The van der Waals surface area contributed by atoms with E-state index in [0.29, 0.717) is 6.42 Å². The molecule has 0 unspecified atom stereocenters. The highest BCUT2D eigenvalue weighted by Crippen LogP contribution is 2.38. The molecule has 3 fully saturated rings. The summed E-state index contributed by atoms with van der Waals surface area (Å²) in [5.74, 6) is 0.501. The third kappa shape index (κ3) is 3.27. The molecular weight excluding hydrogens is 318 g/mol. The van der Waals surface area contributed by atoms with Gasteiger partial charge in [-0.15, -0.1) is 0 Å². The molecule has 0 aromatic carbocycles. The molecule has 2 saturated carbocycles. The van der Waals surface area contributed by atoms with Gasteiger partial charge in [0.15, 0.2) is 0 Å². The molecule has 1 aliphatic heterocycles. The van der Waals surface area contributed by atoms with E-state index in [-0.39, 0.29) is 30.3 Å². The predicted molar refractivity (Wildman–Crippen MR) is 94.8 cm³/mol. The number of amides is 4. The van der Waals surface area contributed by atoms with Crippen LogP contribution in [0.2, 0.25) is 0 Å². The van der Waals surface area contributed by atoms with Gasteiger partial charge in [0.2, 0.25) is 5.91 Å². The predicted octanol–water partition coefficient (Wildman–Crippen LogP) is 2.52. The Labute approximate surface area is 150 Å². The lowest BCUT2D eigenvalue weighted by atomic mass is 9.73. The van der Waals surface area contributed by atoms with E-state index in [2.05, 4.69) is 12.2 Å². The maximum absolute atomic E-state index is 13.0. The summed E-state index contributed by atoms with van der Waals surface area (Å²) in [6, 6.07) is -0.176. The van der Waals surface area contributed by atoms with E-state index in [1.165, 1.54) is 0 Å². The van der Waals surface area contributed by atoms with Crippen molar-refractivity contribution < 1.29 is 14.4 Å². The normalized spacial score (nSPS) is 35.8. The Kier molecular flexibility index (Phi) is 5.07. The topological polar surface area (TPSA) is 69.7 Å². The second-order valence-electron chi connectivity index (χ2n) is 8.36. The first-order valence-corrected chi connectivity index (χ1v) is 9.75. The smallest absolute Gasteiger partial charge is 0.325 e. The molecule has 25 heavy (non-hydrogen) atoms. The van der Waals surface area contributed by atoms with Gasteiger partial charge in [0, 0.05) is 13.1 Å². The van der Waals surface area contributed by atoms with Crippen molar-refractivity contribution in [1.29, 1.82) is 0 Å². The molecule has 2 aliphatic carbocycles. The highest BCUT2D eigenvalue weighted by atomic mass is 16.2. The van der Waals surface area contributed by atoms with Crippen LogP contribution in [0.25, 0.3) is 0 Å². The van der Waals surface area contributed by atoms with E-state index in [1.54, 1.807) is 11.9 Å². The molecule has 0 aromatic heterocycles.